The van der Waals surface area contributed by atoms with E-state index in [1.165, 1.54) is 5.56 Å². The average molecular weight is 333 g/mol. The molecule has 0 unspecified atom stereocenters. The molecule has 5 nitrogen and oxygen atoms in total. The number of primary amides is 1. The van der Waals surface area contributed by atoms with Gasteiger partial charge in [0.25, 0.3) is 5.91 Å². The van der Waals surface area contributed by atoms with Crippen molar-refractivity contribution in [3.8, 4) is 0 Å². The first kappa shape index (κ1) is 16.6. The maximum Gasteiger partial charge on any atom is 0.267 e. The summed E-state index contributed by atoms with van der Waals surface area (Å²) in [5.74, 6) is -0.574. The van der Waals surface area contributed by atoms with Gasteiger partial charge in [0.1, 0.15) is 5.69 Å². The Morgan fingerprint density at radius 3 is 2.56 bits per heavy atom. The molecule has 2 amide bonds. The second-order valence-electron chi connectivity index (χ2n) is 5.86. The SMILES string of the molecule is NC(=O)c1ccc2cc(NC(=O)CCCc3ccccc3)ccc2n1. The zero-order valence-electron chi connectivity index (χ0n) is 13.7. The Bertz CT molecular complexity index is 907. The maximum absolute atomic E-state index is 12.1. The normalized spacial score (nSPS) is 10.6. The monoisotopic (exact) mass is 333 g/mol. The number of aryl methyl sites for hydroxylation is 1. The van der Waals surface area contributed by atoms with Crippen molar-refractivity contribution in [1.82, 2.24) is 4.98 Å². The first-order valence-electron chi connectivity index (χ1n) is 8.16. The highest BCUT2D eigenvalue weighted by atomic mass is 16.2. The lowest BCUT2D eigenvalue weighted by atomic mass is 10.1. The van der Waals surface area contributed by atoms with Crippen molar-refractivity contribution in [3.05, 3.63) is 71.9 Å². The minimum atomic E-state index is -0.558. The lowest BCUT2D eigenvalue weighted by molar-refractivity contribution is -0.116. The standard InChI is InChI=1S/C20H19N3O2/c21-20(25)18-11-9-15-13-16(10-12-17(15)23-18)22-19(24)8-4-7-14-5-2-1-3-6-14/h1-3,5-6,9-13H,4,7-8H2,(H2,21,25)(H,22,24). The zero-order valence-corrected chi connectivity index (χ0v) is 13.7. The van der Waals surface area contributed by atoms with Gasteiger partial charge in [-0.2, -0.15) is 0 Å². The lowest BCUT2D eigenvalue weighted by Crippen LogP contribution is -2.13. The summed E-state index contributed by atoms with van der Waals surface area (Å²) in [6.45, 7) is 0. The Morgan fingerprint density at radius 2 is 1.80 bits per heavy atom. The van der Waals surface area contributed by atoms with Crippen LogP contribution >= 0.6 is 0 Å². The van der Waals surface area contributed by atoms with E-state index in [0.29, 0.717) is 17.6 Å². The smallest absolute Gasteiger partial charge is 0.267 e. The number of nitrogens with two attached hydrogens (primary N) is 1. The van der Waals surface area contributed by atoms with Crippen LogP contribution in [0.25, 0.3) is 10.9 Å². The van der Waals surface area contributed by atoms with Gasteiger partial charge in [0.15, 0.2) is 0 Å². The van der Waals surface area contributed by atoms with Crippen LogP contribution in [0.5, 0.6) is 0 Å². The third kappa shape index (κ3) is 4.41. The van der Waals surface area contributed by atoms with Gasteiger partial charge in [0, 0.05) is 17.5 Å². The molecule has 0 spiro atoms. The van der Waals surface area contributed by atoms with Gasteiger partial charge in [-0.1, -0.05) is 36.4 Å². The van der Waals surface area contributed by atoms with Crippen LogP contribution in [0.2, 0.25) is 0 Å². The molecule has 0 fully saturated rings. The number of nitrogens with one attached hydrogen (secondary N) is 1. The molecule has 1 aromatic heterocycles. The van der Waals surface area contributed by atoms with Crippen molar-refractivity contribution in [3.63, 3.8) is 0 Å². The molecule has 0 atom stereocenters. The Balaban J connectivity index is 1.59. The molecule has 0 saturated carbocycles. The summed E-state index contributed by atoms with van der Waals surface area (Å²) in [7, 11) is 0. The van der Waals surface area contributed by atoms with Crippen molar-refractivity contribution < 1.29 is 9.59 Å². The van der Waals surface area contributed by atoms with Crippen LogP contribution in [-0.4, -0.2) is 16.8 Å². The number of pyridine rings is 1. The number of hydrogen-bond acceptors (Lipinski definition) is 3. The Kier molecular flexibility index (Phi) is 5.04. The van der Waals surface area contributed by atoms with Gasteiger partial charge in [0.05, 0.1) is 5.52 Å². The number of fused-ring (bicyclic) bond motifs is 1. The van der Waals surface area contributed by atoms with E-state index in [1.54, 1.807) is 24.3 Å². The van der Waals surface area contributed by atoms with E-state index < -0.39 is 5.91 Å². The first-order valence-corrected chi connectivity index (χ1v) is 8.16. The van der Waals surface area contributed by atoms with Gasteiger partial charge in [0.2, 0.25) is 5.91 Å². The average Bonchev–Trinajstić information content (AvgIpc) is 2.62. The molecule has 25 heavy (non-hydrogen) atoms. The molecule has 3 N–H and O–H groups in total. The number of carbonyl (C=O) groups is 2. The highest BCUT2D eigenvalue weighted by Gasteiger charge is 2.06. The minimum Gasteiger partial charge on any atom is -0.364 e. The number of hydrogen-bond donors (Lipinski definition) is 2. The van der Waals surface area contributed by atoms with E-state index in [4.69, 9.17) is 5.73 Å². The minimum absolute atomic E-state index is 0.0167. The highest BCUT2D eigenvalue weighted by Crippen LogP contribution is 2.18. The van der Waals surface area contributed by atoms with Gasteiger partial charge in [-0.15, -0.1) is 0 Å². The fourth-order valence-electron chi connectivity index (χ4n) is 2.66. The summed E-state index contributed by atoms with van der Waals surface area (Å²) in [5.41, 5.74) is 8.07. The van der Waals surface area contributed by atoms with Gasteiger partial charge in [-0.3, -0.25) is 9.59 Å². The third-order valence-corrected chi connectivity index (χ3v) is 3.94. The van der Waals surface area contributed by atoms with Crippen LogP contribution in [0.4, 0.5) is 5.69 Å². The number of rotatable bonds is 6. The molecule has 0 saturated heterocycles. The summed E-state index contributed by atoms with van der Waals surface area (Å²) < 4.78 is 0. The number of carbonyl (C=O) groups excluding carboxylic acids is 2. The molecule has 0 aliphatic rings. The molecule has 5 heteroatoms. The third-order valence-electron chi connectivity index (χ3n) is 3.94. The van der Waals surface area contributed by atoms with Crippen LogP contribution < -0.4 is 11.1 Å². The highest BCUT2D eigenvalue weighted by molar-refractivity contribution is 5.96. The summed E-state index contributed by atoms with van der Waals surface area (Å²) in [5, 5.41) is 3.74. The molecule has 0 aliphatic heterocycles. The van der Waals surface area contributed by atoms with E-state index in [2.05, 4.69) is 22.4 Å². The van der Waals surface area contributed by atoms with Crippen molar-refractivity contribution in [2.24, 2.45) is 5.73 Å². The predicted molar refractivity (Wildman–Crippen MR) is 98.3 cm³/mol. The number of anilines is 1. The largest absolute Gasteiger partial charge is 0.364 e. The topological polar surface area (TPSA) is 85.1 Å². The Labute approximate surface area is 145 Å². The summed E-state index contributed by atoms with van der Waals surface area (Å²) in [6, 6.07) is 18.8. The van der Waals surface area contributed by atoms with Crippen LogP contribution in [0.3, 0.4) is 0 Å². The molecule has 0 bridgehead atoms. The van der Waals surface area contributed by atoms with E-state index in [0.717, 1.165) is 18.2 Å². The molecule has 0 radical (unpaired) electrons. The number of nitrogens with zero attached hydrogens (tertiary/aromatic N) is 1. The number of benzene rings is 2. The number of aromatic nitrogens is 1. The summed E-state index contributed by atoms with van der Waals surface area (Å²) >= 11 is 0. The van der Waals surface area contributed by atoms with Gasteiger partial charge >= 0.3 is 0 Å². The van der Waals surface area contributed by atoms with E-state index in [-0.39, 0.29) is 11.6 Å². The first-order chi connectivity index (χ1) is 12.1. The second kappa shape index (κ2) is 7.57. The van der Waals surface area contributed by atoms with Gasteiger partial charge in [-0.05, 0) is 42.7 Å². The quantitative estimate of drug-likeness (QED) is 0.726. The number of amides is 2. The molecule has 2 aromatic carbocycles. The fraction of sp³-hybridized carbons (Fsp3) is 0.150. The molecule has 3 aromatic rings. The second-order valence-corrected chi connectivity index (χ2v) is 5.86. The van der Waals surface area contributed by atoms with Crippen LogP contribution in [0, 0.1) is 0 Å². The van der Waals surface area contributed by atoms with Crippen molar-refractivity contribution >= 4 is 28.4 Å². The van der Waals surface area contributed by atoms with Crippen molar-refractivity contribution in [1.29, 1.82) is 0 Å². The summed E-state index contributed by atoms with van der Waals surface area (Å²) in [4.78, 5) is 27.4. The van der Waals surface area contributed by atoms with E-state index >= 15 is 0 Å². The van der Waals surface area contributed by atoms with Gasteiger partial charge < -0.3 is 11.1 Å². The molecule has 1 heterocycles. The molecular weight excluding hydrogens is 314 g/mol. The van der Waals surface area contributed by atoms with E-state index in [1.807, 2.05) is 24.3 Å². The van der Waals surface area contributed by atoms with E-state index in [9.17, 15) is 9.59 Å². The zero-order chi connectivity index (χ0) is 17.6. The van der Waals surface area contributed by atoms with Gasteiger partial charge in [-0.25, -0.2) is 4.98 Å². The van der Waals surface area contributed by atoms with Crippen LogP contribution in [-0.2, 0) is 11.2 Å². The Morgan fingerprint density at radius 1 is 1.00 bits per heavy atom. The predicted octanol–water partition coefficient (Wildman–Crippen LogP) is 3.30. The Hall–Kier alpha value is -3.21. The summed E-state index contributed by atoms with van der Waals surface area (Å²) in [6.07, 6.45) is 2.14. The van der Waals surface area contributed by atoms with Crippen molar-refractivity contribution in [2.45, 2.75) is 19.3 Å². The molecule has 0 aliphatic carbocycles. The molecular formula is C20H19N3O2. The van der Waals surface area contributed by atoms with Crippen LogP contribution in [0.1, 0.15) is 28.9 Å². The van der Waals surface area contributed by atoms with Crippen LogP contribution in [0.15, 0.2) is 60.7 Å². The maximum atomic E-state index is 12.1. The fourth-order valence-corrected chi connectivity index (χ4v) is 2.66. The molecule has 126 valence electrons. The lowest BCUT2D eigenvalue weighted by Gasteiger charge is -2.07. The molecule has 3 rings (SSSR count). The van der Waals surface area contributed by atoms with Crippen molar-refractivity contribution in [2.75, 3.05) is 5.32 Å².